The van der Waals surface area contributed by atoms with E-state index >= 15 is 0 Å². The molecule has 1 unspecified atom stereocenters. The number of nitrogens with one attached hydrogen (secondary N) is 1. The minimum atomic E-state index is -0.0653. The molecule has 1 N–H and O–H groups in total. The molecule has 2 aromatic rings. The Morgan fingerprint density at radius 2 is 2.20 bits per heavy atom. The maximum absolute atomic E-state index is 12.3. The number of amides is 1. The van der Waals surface area contributed by atoms with Crippen molar-refractivity contribution >= 4 is 5.91 Å². The minimum Gasteiger partial charge on any atom is -0.349 e. The van der Waals surface area contributed by atoms with Gasteiger partial charge in [0.2, 0.25) is 0 Å². The van der Waals surface area contributed by atoms with E-state index in [0.717, 1.165) is 23.4 Å². The van der Waals surface area contributed by atoms with Crippen molar-refractivity contribution in [2.24, 2.45) is 7.05 Å². The largest absolute Gasteiger partial charge is 0.349 e. The van der Waals surface area contributed by atoms with Gasteiger partial charge in [0.1, 0.15) is 0 Å². The van der Waals surface area contributed by atoms with Gasteiger partial charge in [0.25, 0.3) is 5.91 Å². The van der Waals surface area contributed by atoms with Gasteiger partial charge in [0.05, 0.1) is 11.3 Å². The fourth-order valence-corrected chi connectivity index (χ4v) is 2.32. The highest BCUT2D eigenvalue weighted by Crippen LogP contribution is 2.12. The summed E-state index contributed by atoms with van der Waals surface area (Å²) in [6.45, 7) is 5.75. The molecule has 20 heavy (non-hydrogen) atoms. The maximum atomic E-state index is 12.3. The van der Waals surface area contributed by atoms with E-state index in [4.69, 9.17) is 0 Å². The van der Waals surface area contributed by atoms with Crippen LogP contribution in [0.15, 0.2) is 24.5 Å². The molecule has 0 aliphatic heterocycles. The highest BCUT2D eigenvalue weighted by Gasteiger charge is 2.18. The van der Waals surface area contributed by atoms with E-state index in [1.165, 1.54) is 0 Å². The van der Waals surface area contributed by atoms with Gasteiger partial charge in [-0.1, -0.05) is 6.07 Å². The number of hydrogen-bond acceptors (Lipinski definition) is 3. The third kappa shape index (κ3) is 3.04. The first kappa shape index (κ1) is 14.2. The first-order valence-electron chi connectivity index (χ1n) is 6.69. The zero-order chi connectivity index (χ0) is 14.7. The van der Waals surface area contributed by atoms with Gasteiger partial charge in [-0.3, -0.25) is 14.5 Å². The second-order valence-electron chi connectivity index (χ2n) is 5.11. The van der Waals surface area contributed by atoms with Crippen LogP contribution in [0.4, 0.5) is 0 Å². The number of pyridine rings is 1. The molecule has 0 fully saturated rings. The van der Waals surface area contributed by atoms with Crippen LogP contribution in [0.5, 0.6) is 0 Å². The van der Waals surface area contributed by atoms with Crippen LogP contribution >= 0.6 is 0 Å². The number of carbonyl (C=O) groups is 1. The van der Waals surface area contributed by atoms with Gasteiger partial charge in [0, 0.05) is 31.2 Å². The molecular formula is C15H20N4O. The van der Waals surface area contributed by atoms with Crippen molar-refractivity contribution in [3.63, 3.8) is 0 Å². The molecule has 0 aliphatic carbocycles. The first-order chi connectivity index (χ1) is 9.49. The van der Waals surface area contributed by atoms with Crippen LogP contribution in [-0.2, 0) is 13.5 Å². The molecule has 0 spiro atoms. The van der Waals surface area contributed by atoms with Gasteiger partial charge >= 0.3 is 0 Å². The first-order valence-corrected chi connectivity index (χ1v) is 6.69. The molecule has 0 saturated carbocycles. The van der Waals surface area contributed by atoms with Crippen molar-refractivity contribution in [1.82, 2.24) is 20.1 Å². The summed E-state index contributed by atoms with van der Waals surface area (Å²) in [5.74, 6) is -0.0653. The van der Waals surface area contributed by atoms with Crippen LogP contribution in [0, 0.1) is 13.8 Å². The van der Waals surface area contributed by atoms with E-state index in [0.29, 0.717) is 5.56 Å². The number of rotatable bonds is 4. The predicted octanol–water partition coefficient (Wildman–Crippen LogP) is 1.79. The lowest BCUT2D eigenvalue weighted by Gasteiger charge is -2.14. The fraction of sp³-hybridized carbons (Fsp3) is 0.400. The highest BCUT2D eigenvalue weighted by atomic mass is 16.1. The van der Waals surface area contributed by atoms with Crippen molar-refractivity contribution in [3.05, 3.63) is 47.0 Å². The number of aryl methyl sites for hydroxylation is 2. The van der Waals surface area contributed by atoms with E-state index in [1.807, 2.05) is 46.1 Å². The van der Waals surface area contributed by atoms with Crippen molar-refractivity contribution in [2.75, 3.05) is 0 Å². The molecule has 1 atom stereocenters. The molecule has 1 amide bonds. The topological polar surface area (TPSA) is 59.8 Å². The molecular weight excluding hydrogens is 252 g/mol. The van der Waals surface area contributed by atoms with E-state index in [-0.39, 0.29) is 11.9 Å². The van der Waals surface area contributed by atoms with Gasteiger partial charge in [0.15, 0.2) is 0 Å². The van der Waals surface area contributed by atoms with Gasteiger partial charge in [-0.2, -0.15) is 5.10 Å². The van der Waals surface area contributed by atoms with Crippen molar-refractivity contribution in [1.29, 1.82) is 0 Å². The van der Waals surface area contributed by atoms with E-state index in [2.05, 4.69) is 15.4 Å². The number of hydrogen-bond donors (Lipinski definition) is 1. The quantitative estimate of drug-likeness (QED) is 0.923. The zero-order valence-electron chi connectivity index (χ0n) is 12.3. The third-order valence-electron chi connectivity index (χ3n) is 3.38. The Labute approximate surface area is 119 Å². The summed E-state index contributed by atoms with van der Waals surface area (Å²) < 4.78 is 1.73. The lowest BCUT2D eigenvalue weighted by atomic mass is 10.1. The Balaban J connectivity index is 2.04. The smallest absolute Gasteiger partial charge is 0.255 e. The molecule has 5 nitrogen and oxygen atoms in total. The standard InChI is InChI=1S/C15H20N4O/c1-10(8-13-6-5-7-16-9-13)17-15(20)14-11(2)18-19(4)12(14)3/h5-7,9-10H,8H2,1-4H3,(H,17,20). The second kappa shape index (κ2) is 5.86. The van der Waals surface area contributed by atoms with Gasteiger partial charge in [-0.25, -0.2) is 0 Å². The molecule has 0 bridgehead atoms. The van der Waals surface area contributed by atoms with Crippen LogP contribution in [-0.4, -0.2) is 26.7 Å². The lowest BCUT2D eigenvalue weighted by molar-refractivity contribution is 0.0939. The molecule has 0 aliphatic rings. The third-order valence-corrected chi connectivity index (χ3v) is 3.38. The van der Waals surface area contributed by atoms with Crippen LogP contribution in [0.25, 0.3) is 0 Å². The van der Waals surface area contributed by atoms with Crippen molar-refractivity contribution in [3.8, 4) is 0 Å². The summed E-state index contributed by atoms with van der Waals surface area (Å²) in [7, 11) is 1.85. The van der Waals surface area contributed by atoms with Crippen LogP contribution < -0.4 is 5.32 Å². The number of carbonyl (C=O) groups excluding carboxylic acids is 1. The average Bonchev–Trinajstić information content (AvgIpc) is 2.64. The Hall–Kier alpha value is -2.17. The highest BCUT2D eigenvalue weighted by molar-refractivity contribution is 5.96. The Morgan fingerprint density at radius 3 is 2.75 bits per heavy atom. The van der Waals surface area contributed by atoms with E-state index in [1.54, 1.807) is 10.9 Å². The van der Waals surface area contributed by atoms with Gasteiger partial charge in [-0.05, 0) is 38.8 Å². The Morgan fingerprint density at radius 1 is 1.45 bits per heavy atom. The SMILES string of the molecule is Cc1nn(C)c(C)c1C(=O)NC(C)Cc1cccnc1. The van der Waals surface area contributed by atoms with Crippen LogP contribution in [0.1, 0.15) is 34.2 Å². The second-order valence-corrected chi connectivity index (χ2v) is 5.11. The minimum absolute atomic E-state index is 0.0470. The zero-order valence-corrected chi connectivity index (χ0v) is 12.3. The van der Waals surface area contributed by atoms with E-state index in [9.17, 15) is 4.79 Å². The molecule has 0 radical (unpaired) electrons. The lowest BCUT2D eigenvalue weighted by Crippen LogP contribution is -2.34. The summed E-state index contributed by atoms with van der Waals surface area (Å²) in [5, 5.41) is 7.29. The fourth-order valence-electron chi connectivity index (χ4n) is 2.32. The molecule has 5 heteroatoms. The summed E-state index contributed by atoms with van der Waals surface area (Å²) in [4.78, 5) is 16.4. The molecule has 106 valence electrons. The summed E-state index contributed by atoms with van der Waals surface area (Å²) in [6, 6.07) is 3.96. The van der Waals surface area contributed by atoms with Crippen LogP contribution in [0.2, 0.25) is 0 Å². The van der Waals surface area contributed by atoms with Crippen molar-refractivity contribution in [2.45, 2.75) is 33.2 Å². The summed E-state index contributed by atoms with van der Waals surface area (Å²) in [5.41, 5.74) is 3.43. The Kier molecular flexibility index (Phi) is 4.17. The Bertz CT molecular complexity index is 604. The summed E-state index contributed by atoms with van der Waals surface area (Å²) in [6.07, 6.45) is 4.33. The van der Waals surface area contributed by atoms with Crippen LogP contribution in [0.3, 0.4) is 0 Å². The number of nitrogens with zero attached hydrogens (tertiary/aromatic N) is 3. The average molecular weight is 272 g/mol. The molecule has 0 saturated heterocycles. The normalized spacial score (nSPS) is 12.2. The van der Waals surface area contributed by atoms with Gasteiger partial charge < -0.3 is 5.32 Å². The number of aromatic nitrogens is 3. The van der Waals surface area contributed by atoms with E-state index < -0.39 is 0 Å². The molecule has 2 aromatic heterocycles. The predicted molar refractivity (Wildman–Crippen MR) is 77.6 cm³/mol. The molecule has 2 heterocycles. The molecule has 2 rings (SSSR count). The molecule has 0 aromatic carbocycles. The van der Waals surface area contributed by atoms with Gasteiger partial charge in [-0.15, -0.1) is 0 Å². The maximum Gasteiger partial charge on any atom is 0.255 e. The monoisotopic (exact) mass is 272 g/mol. The summed E-state index contributed by atoms with van der Waals surface area (Å²) >= 11 is 0. The van der Waals surface area contributed by atoms with Crippen molar-refractivity contribution < 1.29 is 4.79 Å².